The first-order chi connectivity index (χ1) is 14.4. The number of rotatable bonds is 8. The molecule has 5 nitrogen and oxygen atoms in total. The second kappa shape index (κ2) is 9.55. The maximum atomic E-state index is 13.8. The van der Waals surface area contributed by atoms with Gasteiger partial charge in [0.05, 0.1) is 13.7 Å². The number of hydrogen-bond donors (Lipinski definition) is 2. The fourth-order valence-corrected chi connectivity index (χ4v) is 3.29. The molecule has 0 fully saturated rings. The molecule has 0 aliphatic carbocycles. The molecule has 0 aliphatic rings. The van der Waals surface area contributed by atoms with E-state index in [0.717, 1.165) is 12.1 Å². The van der Waals surface area contributed by atoms with Crippen LogP contribution < -0.4 is 10.1 Å². The van der Waals surface area contributed by atoms with Crippen LogP contribution in [0.4, 0.5) is 22.4 Å². The Morgan fingerprint density at radius 1 is 1.10 bits per heavy atom. The molecular formula is C22H25F4NO4. The van der Waals surface area contributed by atoms with E-state index in [-0.39, 0.29) is 17.9 Å². The summed E-state index contributed by atoms with van der Waals surface area (Å²) >= 11 is 0. The highest BCUT2D eigenvalue weighted by Gasteiger charge is 2.56. The molecule has 2 aromatic rings. The van der Waals surface area contributed by atoms with E-state index in [4.69, 9.17) is 9.47 Å². The van der Waals surface area contributed by atoms with Gasteiger partial charge >= 0.3 is 12.3 Å². The maximum Gasteiger partial charge on any atom is 0.418 e. The van der Waals surface area contributed by atoms with Gasteiger partial charge < -0.3 is 19.9 Å². The molecule has 0 bridgehead atoms. The second-order valence-corrected chi connectivity index (χ2v) is 7.85. The molecule has 2 N–H and O–H groups in total. The van der Waals surface area contributed by atoms with E-state index >= 15 is 0 Å². The molecule has 0 heterocycles. The Morgan fingerprint density at radius 2 is 1.74 bits per heavy atom. The van der Waals surface area contributed by atoms with Gasteiger partial charge in [-0.1, -0.05) is 44.2 Å². The van der Waals surface area contributed by atoms with Crippen molar-refractivity contribution >= 4 is 6.09 Å². The standard InChI is InChI=1S/C22H25F4NO4/c1-20(2,17-11-16(23)9-10-18(17)30-3)13-21(29,22(24,25)26)14-27-19(28)31-12-15-7-5-4-6-8-15/h4-11,29H,12-14H2,1-3H3,(H,27,28). The first kappa shape index (κ1) is 24.5. The van der Waals surface area contributed by atoms with Crippen LogP contribution in [0.25, 0.3) is 0 Å². The molecule has 170 valence electrons. The number of nitrogens with one attached hydrogen (secondary N) is 1. The summed E-state index contributed by atoms with van der Waals surface area (Å²) in [6.07, 6.45) is -7.03. The summed E-state index contributed by atoms with van der Waals surface area (Å²) in [7, 11) is 1.31. The van der Waals surface area contributed by atoms with Gasteiger partial charge in [0.2, 0.25) is 0 Å². The van der Waals surface area contributed by atoms with Crippen molar-refractivity contribution in [2.24, 2.45) is 0 Å². The predicted molar refractivity (Wildman–Crippen MR) is 106 cm³/mol. The number of alkyl carbamates (subject to hydrolysis) is 1. The number of carbonyl (C=O) groups is 1. The number of aliphatic hydroxyl groups is 1. The van der Waals surface area contributed by atoms with Crippen LogP contribution in [0.2, 0.25) is 0 Å². The van der Waals surface area contributed by atoms with E-state index in [1.54, 1.807) is 30.3 Å². The Hall–Kier alpha value is -2.81. The van der Waals surface area contributed by atoms with Crippen LogP contribution in [0, 0.1) is 5.82 Å². The van der Waals surface area contributed by atoms with E-state index in [9.17, 15) is 27.5 Å². The van der Waals surface area contributed by atoms with Gasteiger partial charge in [0.1, 0.15) is 18.2 Å². The number of hydrogen-bond acceptors (Lipinski definition) is 4. The van der Waals surface area contributed by atoms with Gasteiger partial charge in [-0.05, 0) is 35.6 Å². The van der Waals surface area contributed by atoms with Crippen molar-refractivity contribution in [1.29, 1.82) is 0 Å². The number of ether oxygens (including phenoxy) is 2. The molecular weight excluding hydrogens is 418 g/mol. The lowest BCUT2D eigenvalue weighted by molar-refractivity contribution is -0.263. The zero-order chi connectivity index (χ0) is 23.3. The van der Waals surface area contributed by atoms with Crippen LogP contribution in [-0.4, -0.2) is 36.6 Å². The van der Waals surface area contributed by atoms with Gasteiger partial charge in [0.15, 0.2) is 5.60 Å². The zero-order valence-corrected chi connectivity index (χ0v) is 17.4. The van der Waals surface area contributed by atoms with Crippen LogP contribution in [0.1, 0.15) is 31.4 Å². The Bertz CT molecular complexity index is 887. The number of amides is 1. The smallest absolute Gasteiger partial charge is 0.418 e. The van der Waals surface area contributed by atoms with Gasteiger partial charge in [-0.3, -0.25) is 0 Å². The Kier molecular flexibility index (Phi) is 7.54. The minimum absolute atomic E-state index is 0.136. The van der Waals surface area contributed by atoms with E-state index in [1.165, 1.54) is 27.0 Å². The summed E-state index contributed by atoms with van der Waals surface area (Å²) < 4.78 is 65.1. The van der Waals surface area contributed by atoms with Gasteiger partial charge in [-0.15, -0.1) is 0 Å². The second-order valence-electron chi connectivity index (χ2n) is 7.85. The Labute approximate surface area is 178 Å². The molecule has 1 atom stereocenters. The Balaban J connectivity index is 2.14. The molecule has 0 saturated heterocycles. The highest BCUT2D eigenvalue weighted by atomic mass is 19.4. The fourth-order valence-electron chi connectivity index (χ4n) is 3.29. The molecule has 31 heavy (non-hydrogen) atoms. The van der Waals surface area contributed by atoms with Crippen LogP contribution in [-0.2, 0) is 16.8 Å². The van der Waals surface area contributed by atoms with E-state index in [2.05, 4.69) is 0 Å². The first-order valence-electron chi connectivity index (χ1n) is 9.46. The van der Waals surface area contributed by atoms with E-state index in [0.29, 0.717) is 5.56 Å². The normalized spacial score (nSPS) is 13.9. The van der Waals surface area contributed by atoms with Gasteiger partial charge in [0, 0.05) is 5.56 Å². The molecule has 0 radical (unpaired) electrons. The van der Waals surface area contributed by atoms with E-state index in [1.807, 2.05) is 5.32 Å². The third-order valence-corrected chi connectivity index (χ3v) is 4.89. The average molecular weight is 443 g/mol. The minimum atomic E-state index is -5.07. The molecule has 1 unspecified atom stereocenters. The van der Waals surface area contributed by atoms with Crippen LogP contribution >= 0.6 is 0 Å². The average Bonchev–Trinajstić information content (AvgIpc) is 2.70. The van der Waals surface area contributed by atoms with Gasteiger partial charge in [-0.2, -0.15) is 13.2 Å². The van der Waals surface area contributed by atoms with Crippen molar-refractivity contribution in [1.82, 2.24) is 5.32 Å². The molecule has 2 rings (SSSR count). The monoisotopic (exact) mass is 443 g/mol. The quantitative estimate of drug-likeness (QED) is 0.580. The number of carbonyl (C=O) groups excluding carboxylic acids is 1. The van der Waals surface area contributed by atoms with Crippen molar-refractivity contribution < 1.29 is 36.9 Å². The molecule has 0 aliphatic heterocycles. The minimum Gasteiger partial charge on any atom is -0.496 e. The van der Waals surface area contributed by atoms with Gasteiger partial charge in [-0.25, -0.2) is 9.18 Å². The molecule has 2 aromatic carbocycles. The largest absolute Gasteiger partial charge is 0.496 e. The van der Waals surface area contributed by atoms with Crippen molar-refractivity contribution in [3.63, 3.8) is 0 Å². The maximum absolute atomic E-state index is 13.8. The van der Waals surface area contributed by atoms with E-state index < -0.39 is 42.1 Å². The lowest BCUT2D eigenvalue weighted by Crippen LogP contribution is -2.56. The van der Waals surface area contributed by atoms with Crippen LogP contribution in [0.3, 0.4) is 0 Å². The van der Waals surface area contributed by atoms with Crippen molar-refractivity contribution in [2.75, 3.05) is 13.7 Å². The summed E-state index contributed by atoms with van der Waals surface area (Å²) in [5.74, 6) is -0.465. The van der Waals surface area contributed by atoms with Crippen molar-refractivity contribution in [3.05, 3.63) is 65.5 Å². The SMILES string of the molecule is COc1ccc(F)cc1C(C)(C)CC(O)(CNC(=O)OCc1ccccc1)C(F)(F)F. The third kappa shape index (κ3) is 6.33. The predicted octanol–water partition coefficient (Wildman–Crippen LogP) is 4.72. The molecule has 1 amide bonds. The summed E-state index contributed by atoms with van der Waals surface area (Å²) in [5, 5.41) is 12.5. The first-order valence-corrected chi connectivity index (χ1v) is 9.46. The van der Waals surface area contributed by atoms with Gasteiger partial charge in [0.25, 0.3) is 0 Å². The third-order valence-electron chi connectivity index (χ3n) is 4.89. The summed E-state index contributed by atoms with van der Waals surface area (Å²) in [6.45, 7) is 1.58. The van der Waals surface area contributed by atoms with Crippen molar-refractivity contribution in [3.8, 4) is 5.75 Å². The zero-order valence-electron chi connectivity index (χ0n) is 17.4. The summed E-state index contributed by atoms with van der Waals surface area (Å²) in [4.78, 5) is 11.9. The molecule has 0 aromatic heterocycles. The number of alkyl halides is 3. The molecule has 0 saturated carbocycles. The summed E-state index contributed by atoms with van der Waals surface area (Å²) in [6, 6.07) is 12.1. The summed E-state index contributed by atoms with van der Waals surface area (Å²) in [5.41, 5.74) is -3.83. The van der Waals surface area contributed by atoms with Crippen molar-refractivity contribution in [2.45, 2.75) is 44.1 Å². The fraction of sp³-hybridized carbons (Fsp3) is 0.409. The number of halogens is 4. The molecule has 0 spiro atoms. The Morgan fingerprint density at radius 3 is 2.32 bits per heavy atom. The highest BCUT2D eigenvalue weighted by Crippen LogP contribution is 2.43. The lowest BCUT2D eigenvalue weighted by Gasteiger charge is -2.38. The topological polar surface area (TPSA) is 67.8 Å². The number of methoxy groups -OCH3 is 1. The molecule has 9 heteroatoms. The van der Waals surface area contributed by atoms with Crippen LogP contribution in [0.15, 0.2) is 48.5 Å². The highest BCUT2D eigenvalue weighted by molar-refractivity contribution is 5.67. The lowest BCUT2D eigenvalue weighted by atomic mass is 9.74. The van der Waals surface area contributed by atoms with Crippen LogP contribution in [0.5, 0.6) is 5.75 Å². The number of benzene rings is 2.